The zero-order chi connectivity index (χ0) is 18.4. The first-order valence-electron chi connectivity index (χ1n) is 9.31. The van der Waals surface area contributed by atoms with E-state index in [1.54, 1.807) is 0 Å². The summed E-state index contributed by atoms with van der Waals surface area (Å²) in [6.45, 7) is 3.45. The van der Waals surface area contributed by atoms with E-state index >= 15 is 0 Å². The maximum Gasteiger partial charge on any atom is 0.269 e. The molecule has 3 aromatic rings. The van der Waals surface area contributed by atoms with Crippen molar-refractivity contribution in [3.63, 3.8) is 0 Å². The van der Waals surface area contributed by atoms with Crippen LogP contribution in [0.25, 0.3) is 23.4 Å². The lowest BCUT2D eigenvalue weighted by Crippen LogP contribution is -2.36. The second kappa shape index (κ2) is 7.24. The zero-order valence-electron chi connectivity index (χ0n) is 15.6. The highest BCUT2D eigenvalue weighted by Crippen LogP contribution is 2.35. The van der Waals surface area contributed by atoms with Crippen molar-refractivity contribution in [2.45, 2.75) is 26.3 Å². The summed E-state index contributed by atoms with van der Waals surface area (Å²) in [4.78, 5) is 16.9. The summed E-state index contributed by atoms with van der Waals surface area (Å²) in [6, 6.07) is 10.5. The molecule has 2 aliphatic rings. The highest BCUT2D eigenvalue weighted by atomic mass is 35.5. The molecule has 1 N–H and O–H groups in total. The van der Waals surface area contributed by atoms with Crippen molar-refractivity contribution in [3.8, 4) is 11.3 Å². The Morgan fingerprint density at radius 3 is 2.79 bits per heavy atom. The lowest BCUT2D eigenvalue weighted by atomic mass is 9.89. The predicted molar refractivity (Wildman–Crippen MR) is 113 cm³/mol. The van der Waals surface area contributed by atoms with E-state index in [-0.39, 0.29) is 18.3 Å². The molecule has 3 heterocycles. The second-order valence-electron chi connectivity index (χ2n) is 7.17. The molecule has 0 fully saturated rings. The van der Waals surface area contributed by atoms with E-state index in [0.717, 1.165) is 53.2 Å². The largest absolute Gasteiger partial charge is 0.349 e. The van der Waals surface area contributed by atoms with Crippen LogP contribution in [0.4, 0.5) is 0 Å². The quantitative estimate of drug-likeness (QED) is 0.723. The molecule has 0 saturated carbocycles. The molecular weight excluding hydrogens is 372 g/mol. The van der Waals surface area contributed by atoms with E-state index in [4.69, 9.17) is 5.10 Å². The number of halogens is 1. The van der Waals surface area contributed by atoms with Crippen LogP contribution in [-0.4, -0.2) is 27.2 Å². The summed E-state index contributed by atoms with van der Waals surface area (Å²) in [6.07, 6.45) is 7.78. The van der Waals surface area contributed by atoms with Gasteiger partial charge in [0.25, 0.3) is 5.91 Å². The van der Waals surface area contributed by atoms with Crippen LogP contribution in [0.1, 0.15) is 38.4 Å². The summed E-state index contributed by atoms with van der Waals surface area (Å²) < 4.78 is 1.86. The number of nitrogens with zero attached hydrogens (tertiary/aromatic N) is 3. The molecule has 28 heavy (non-hydrogen) atoms. The lowest BCUT2D eigenvalue weighted by Gasteiger charge is -2.17. The number of pyridine rings is 1. The van der Waals surface area contributed by atoms with E-state index in [0.29, 0.717) is 6.54 Å². The summed E-state index contributed by atoms with van der Waals surface area (Å²) in [5.74, 6) is -0.00741. The third kappa shape index (κ3) is 3.12. The number of fused-ring (bicyclic) bond motifs is 5. The Kier molecular flexibility index (Phi) is 4.77. The summed E-state index contributed by atoms with van der Waals surface area (Å²) in [7, 11) is 0. The number of nitrogens with one attached hydrogen (secondary N) is 1. The monoisotopic (exact) mass is 392 g/mol. The molecule has 5 rings (SSSR count). The number of carbonyl (C=O) groups excluding carboxylic acids is 1. The number of benzene rings is 1. The standard InChI is InChI=1S/C22H20N4O.ClH/c1-14-2-4-15(5-3-14)6-8-17-12-19-16(13-24-17)7-9-18-20(19)25-26-11-10-23-22(27)21(18)26;/h2-6,8,12-13H,7,9-11H2,1H3,(H,23,27);1H. The van der Waals surface area contributed by atoms with Gasteiger partial charge >= 0.3 is 0 Å². The van der Waals surface area contributed by atoms with Gasteiger partial charge in [0.2, 0.25) is 0 Å². The van der Waals surface area contributed by atoms with E-state index in [1.807, 2.05) is 17.0 Å². The van der Waals surface area contributed by atoms with Gasteiger partial charge in [-0.1, -0.05) is 35.9 Å². The van der Waals surface area contributed by atoms with Crippen LogP contribution in [0.5, 0.6) is 0 Å². The molecule has 1 aliphatic heterocycles. The van der Waals surface area contributed by atoms with Crippen molar-refractivity contribution < 1.29 is 4.79 Å². The smallest absolute Gasteiger partial charge is 0.269 e. The number of amides is 1. The molecule has 0 bridgehead atoms. The lowest BCUT2D eigenvalue weighted by molar-refractivity contribution is 0.0923. The molecular formula is C22H21ClN4O. The molecule has 0 atom stereocenters. The van der Waals surface area contributed by atoms with Crippen LogP contribution < -0.4 is 5.32 Å². The Morgan fingerprint density at radius 2 is 1.96 bits per heavy atom. The number of aromatic nitrogens is 3. The van der Waals surface area contributed by atoms with Crippen molar-refractivity contribution in [2.24, 2.45) is 0 Å². The van der Waals surface area contributed by atoms with Gasteiger partial charge in [-0.05, 0) is 43.0 Å². The Bertz CT molecular complexity index is 1080. The van der Waals surface area contributed by atoms with Crippen molar-refractivity contribution in [2.75, 3.05) is 6.54 Å². The molecule has 2 aromatic heterocycles. The van der Waals surface area contributed by atoms with Crippen LogP contribution in [0.3, 0.4) is 0 Å². The van der Waals surface area contributed by atoms with E-state index in [2.05, 4.69) is 53.6 Å². The highest BCUT2D eigenvalue weighted by Gasteiger charge is 2.30. The molecule has 1 aromatic carbocycles. The first-order valence-corrected chi connectivity index (χ1v) is 9.31. The topological polar surface area (TPSA) is 59.8 Å². The summed E-state index contributed by atoms with van der Waals surface area (Å²) in [5, 5.41) is 7.69. The van der Waals surface area contributed by atoms with Crippen LogP contribution in [-0.2, 0) is 19.4 Å². The van der Waals surface area contributed by atoms with Crippen LogP contribution in [0, 0.1) is 6.92 Å². The third-order valence-electron chi connectivity index (χ3n) is 5.31. The Hall–Kier alpha value is -2.92. The summed E-state index contributed by atoms with van der Waals surface area (Å²) >= 11 is 0. The zero-order valence-corrected chi connectivity index (χ0v) is 16.4. The third-order valence-corrected chi connectivity index (χ3v) is 5.31. The fourth-order valence-electron chi connectivity index (χ4n) is 3.86. The van der Waals surface area contributed by atoms with Crippen molar-refractivity contribution in [1.82, 2.24) is 20.1 Å². The van der Waals surface area contributed by atoms with E-state index in [1.165, 1.54) is 11.1 Å². The van der Waals surface area contributed by atoms with Gasteiger partial charge in [0, 0.05) is 23.9 Å². The Balaban J connectivity index is 0.00000192. The van der Waals surface area contributed by atoms with E-state index in [9.17, 15) is 4.79 Å². The summed E-state index contributed by atoms with van der Waals surface area (Å²) in [5.41, 5.74) is 8.34. The van der Waals surface area contributed by atoms with Gasteiger partial charge in [-0.3, -0.25) is 14.5 Å². The van der Waals surface area contributed by atoms with Crippen LogP contribution >= 0.6 is 12.4 Å². The van der Waals surface area contributed by atoms with Gasteiger partial charge in [-0.2, -0.15) is 5.10 Å². The first kappa shape index (κ1) is 18.4. The minimum atomic E-state index is -0.00741. The SMILES string of the molecule is Cc1ccc(C=Cc2cc3c(cn2)CCc2c-3nn3c2C(=O)NCC3)cc1.Cl. The van der Waals surface area contributed by atoms with Gasteiger partial charge in [-0.15, -0.1) is 12.4 Å². The number of hydrogen-bond donors (Lipinski definition) is 1. The Labute approximate surface area is 169 Å². The van der Waals surface area contributed by atoms with Gasteiger partial charge in [0.15, 0.2) is 0 Å². The Morgan fingerprint density at radius 1 is 1.14 bits per heavy atom. The van der Waals surface area contributed by atoms with Gasteiger partial charge in [-0.25, -0.2) is 0 Å². The molecule has 1 amide bonds. The molecule has 142 valence electrons. The van der Waals surface area contributed by atoms with E-state index < -0.39 is 0 Å². The van der Waals surface area contributed by atoms with Crippen molar-refractivity contribution >= 4 is 30.5 Å². The fourth-order valence-corrected chi connectivity index (χ4v) is 3.86. The van der Waals surface area contributed by atoms with Gasteiger partial charge in [0.05, 0.1) is 17.9 Å². The number of carbonyl (C=O) groups is 1. The predicted octanol–water partition coefficient (Wildman–Crippen LogP) is 3.69. The van der Waals surface area contributed by atoms with Crippen molar-refractivity contribution in [3.05, 3.63) is 70.2 Å². The van der Waals surface area contributed by atoms with Crippen LogP contribution in [0.2, 0.25) is 0 Å². The fraction of sp³-hybridized carbons (Fsp3) is 0.227. The molecule has 0 radical (unpaired) electrons. The normalized spacial score (nSPS) is 14.7. The molecule has 0 spiro atoms. The minimum absolute atomic E-state index is 0. The number of rotatable bonds is 2. The maximum atomic E-state index is 12.3. The average Bonchev–Trinajstić information content (AvgIpc) is 3.08. The average molecular weight is 393 g/mol. The highest BCUT2D eigenvalue weighted by molar-refractivity contribution is 5.97. The number of aryl methyl sites for hydroxylation is 2. The van der Waals surface area contributed by atoms with Gasteiger partial charge in [0.1, 0.15) is 5.69 Å². The molecule has 1 aliphatic carbocycles. The molecule has 5 nitrogen and oxygen atoms in total. The molecule has 6 heteroatoms. The minimum Gasteiger partial charge on any atom is -0.349 e. The molecule has 0 saturated heterocycles. The van der Waals surface area contributed by atoms with Crippen LogP contribution in [0.15, 0.2) is 36.5 Å². The number of hydrogen-bond acceptors (Lipinski definition) is 3. The first-order chi connectivity index (χ1) is 13.2. The molecule has 0 unspecified atom stereocenters. The second-order valence-corrected chi connectivity index (χ2v) is 7.17. The maximum absolute atomic E-state index is 12.3. The van der Waals surface area contributed by atoms with Gasteiger partial charge < -0.3 is 5.32 Å². The van der Waals surface area contributed by atoms with Crippen molar-refractivity contribution in [1.29, 1.82) is 0 Å².